The largest absolute Gasteiger partial charge is 0.334 e. The Bertz CT molecular complexity index is 3550. The summed E-state index contributed by atoms with van der Waals surface area (Å²) < 4.78 is 2.48. The van der Waals surface area contributed by atoms with Crippen LogP contribution < -0.4 is 4.90 Å². The molecule has 1 aromatic heterocycles. The van der Waals surface area contributed by atoms with Crippen molar-refractivity contribution in [2.45, 2.75) is 50.0 Å². The Morgan fingerprint density at radius 3 is 1.88 bits per heavy atom. The first-order chi connectivity index (χ1) is 32.5. The van der Waals surface area contributed by atoms with Crippen molar-refractivity contribution in [2.24, 2.45) is 0 Å². The van der Waals surface area contributed by atoms with Gasteiger partial charge in [0.1, 0.15) is 0 Å². The lowest BCUT2D eigenvalue weighted by Crippen LogP contribution is -2.34. The molecule has 1 spiro atoms. The van der Waals surface area contributed by atoms with Gasteiger partial charge in [-0.1, -0.05) is 184 Å². The van der Waals surface area contributed by atoms with Crippen LogP contribution in [0.2, 0.25) is 0 Å². The third-order valence-corrected chi connectivity index (χ3v) is 16.0. The van der Waals surface area contributed by atoms with Crippen molar-refractivity contribution in [3.63, 3.8) is 0 Å². The summed E-state index contributed by atoms with van der Waals surface area (Å²) in [5.41, 5.74) is 26.5. The predicted molar refractivity (Wildman–Crippen MR) is 275 cm³/mol. The summed E-state index contributed by atoms with van der Waals surface area (Å²) in [6.07, 6.45) is 10.3. The summed E-state index contributed by atoms with van der Waals surface area (Å²) in [5, 5.41) is 1.31. The molecular weight excluding hydrogens is 797 g/mol. The van der Waals surface area contributed by atoms with Gasteiger partial charge < -0.3 is 9.47 Å². The lowest BCUT2D eigenvalue weighted by atomic mass is 9.70. The molecule has 9 aromatic rings. The van der Waals surface area contributed by atoms with E-state index in [0.29, 0.717) is 0 Å². The first-order valence-electron chi connectivity index (χ1n) is 23.7. The van der Waals surface area contributed by atoms with Crippen LogP contribution in [0.5, 0.6) is 0 Å². The van der Waals surface area contributed by atoms with Crippen LogP contribution in [0, 0.1) is 0 Å². The molecule has 1 heterocycles. The second-order valence-electron chi connectivity index (χ2n) is 19.4. The molecule has 2 nitrogen and oxygen atoms in total. The quantitative estimate of drug-likeness (QED) is 0.168. The number of rotatable bonds is 5. The Morgan fingerprint density at radius 1 is 0.530 bits per heavy atom. The first kappa shape index (κ1) is 37.7. The van der Waals surface area contributed by atoms with Gasteiger partial charge in [-0.2, -0.15) is 0 Å². The molecule has 1 unspecified atom stereocenters. The average molecular weight is 845 g/mol. The first-order valence-corrected chi connectivity index (χ1v) is 23.7. The highest BCUT2D eigenvalue weighted by molar-refractivity contribution is 6.01. The number of anilines is 2. The van der Waals surface area contributed by atoms with Gasteiger partial charge in [-0.25, -0.2) is 0 Å². The minimum Gasteiger partial charge on any atom is -0.334 e. The Balaban J connectivity index is 0.937. The van der Waals surface area contributed by atoms with Crippen molar-refractivity contribution < 1.29 is 0 Å². The summed E-state index contributed by atoms with van der Waals surface area (Å²) in [4.78, 5) is 2.69. The van der Waals surface area contributed by atoms with Gasteiger partial charge in [0.25, 0.3) is 0 Å². The molecule has 0 N–H and O–H groups in total. The van der Waals surface area contributed by atoms with E-state index in [1.807, 2.05) is 0 Å². The van der Waals surface area contributed by atoms with E-state index in [-0.39, 0.29) is 11.5 Å². The summed E-state index contributed by atoms with van der Waals surface area (Å²) in [5.74, 6) is 0. The standard InChI is InChI=1S/C64H48N2/c1-63(2)53-24-11-6-19-46(53)49-37-36-45(40-58(49)63)65(44-34-31-41(32-35-44)42-33-38-60-52(39-42)50-22-10-15-29-59(50)66(60)43-17-4-3-5-18-43)61-30-16-28-57-62(61)51-23-9-14-27-56(51)64(57)54-25-12-7-20-47(54)48-21-8-13-26-55(48)64/h3-32,34-37,39,45H,33,38,40H2,1-2H3. The van der Waals surface area contributed by atoms with Crippen LogP contribution in [-0.2, 0) is 17.3 Å². The van der Waals surface area contributed by atoms with Crippen LogP contribution in [0.4, 0.5) is 11.4 Å². The molecule has 14 rings (SSSR count). The Hall–Kier alpha value is -7.68. The maximum absolute atomic E-state index is 2.69. The second-order valence-corrected chi connectivity index (χ2v) is 19.4. The van der Waals surface area contributed by atoms with E-state index in [0.717, 1.165) is 19.3 Å². The van der Waals surface area contributed by atoms with Crippen molar-refractivity contribution in [1.82, 2.24) is 4.57 Å². The molecule has 2 heteroatoms. The molecule has 0 radical (unpaired) electrons. The van der Waals surface area contributed by atoms with Crippen LogP contribution in [0.25, 0.3) is 56.1 Å². The monoisotopic (exact) mass is 844 g/mol. The topological polar surface area (TPSA) is 8.17 Å². The van der Waals surface area contributed by atoms with E-state index in [4.69, 9.17) is 0 Å². The highest BCUT2D eigenvalue weighted by Gasteiger charge is 2.52. The number of fused-ring (bicyclic) bond motifs is 15. The van der Waals surface area contributed by atoms with Crippen LogP contribution in [0.1, 0.15) is 76.9 Å². The fourth-order valence-corrected chi connectivity index (χ4v) is 13.1. The molecule has 0 fully saturated rings. The number of nitrogens with zero attached hydrogens (tertiary/aromatic N) is 2. The fourth-order valence-electron chi connectivity index (χ4n) is 13.1. The zero-order valence-electron chi connectivity index (χ0n) is 37.3. The third-order valence-electron chi connectivity index (χ3n) is 16.0. The van der Waals surface area contributed by atoms with Gasteiger partial charge in [0, 0.05) is 44.7 Å². The molecule has 314 valence electrons. The molecule has 66 heavy (non-hydrogen) atoms. The van der Waals surface area contributed by atoms with E-state index < -0.39 is 5.41 Å². The normalized spacial score (nSPS) is 17.4. The Kier molecular flexibility index (Phi) is 7.94. The summed E-state index contributed by atoms with van der Waals surface area (Å²) in [6, 6.07) is 73.2. The SMILES string of the molecule is CC1(C)C2=C(C=CC(N(c3ccc(C4=Cc5c(n(-c6ccccc6)c6ccccc56)CC4)cc3)c3cccc4c3-c3ccccc3C43c4ccccc4-c4ccccc43)C2)c2ccccc21. The lowest BCUT2D eigenvalue weighted by molar-refractivity contribution is 0.585. The molecule has 8 aromatic carbocycles. The number of hydrogen-bond donors (Lipinski definition) is 0. The minimum absolute atomic E-state index is 0.0625. The minimum atomic E-state index is -0.409. The van der Waals surface area contributed by atoms with Gasteiger partial charge in [-0.3, -0.25) is 0 Å². The summed E-state index contributed by atoms with van der Waals surface area (Å²) in [7, 11) is 0. The highest BCUT2D eigenvalue weighted by Crippen LogP contribution is 2.64. The molecule has 5 aliphatic rings. The zero-order chi connectivity index (χ0) is 43.7. The summed E-state index contributed by atoms with van der Waals surface area (Å²) >= 11 is 0. The lowest BCUT2D eigenvalue weighted by Gasteiger charge is -2.38. The molecule has 0 saturated carbocycles. The van der Waals surface area contributed by atoms with Gasteiger partial charge >= 0.3 is 0 Å². The van der Waals surface area contributed by atoms with E-state index in [1.165, 1.54) is 117 Å². The van der Waals surface area contributed by atoms with E-state index in [2.05, 4.69) is 236 Å². The van der Waals surface area contributed by atoms with E-state index in [9.17, 15) is 0 Å². The Labute approximate surface area is 387 Å². The summed E-state index contributed by atoms with van der Waals surface area (Å²) in [6.45, 7) is 4.86. The van der Waals surface area contributed by atoms with Crippen molar-refractivity contribution in [3.05, 3.63) is 262 Å². The molecule has 0 bridgehead atoms. The van der Waals surface area contributed by atoms with Crippen LogP contribution in [-0.4, -0.2) is 10.6 Å². The molecule has 1 atom stereocenters. The molecular formula is C64H48N2. The van der Waals surface area contributed by atoms with E-state index >= 15 is 0 Å². The van der Waals surface area contributed by atoms with Crippen LogP contribution >= 0.6 is 0 Å². The van der Waals surface area contributed by atoms with E-state index in [1.54, 1.807) is 0 Å². The van der Waals surface area contributed by atoms with Gasteiger partial charge in [0.15, 0.2) is 0 Å². The third kappa shape index (κ3) is 5.02. The molecule has 0 aliphatic heterocycles. The average Bonchev–Trinajstić information content (AvgIpc) is 4.05. The van der Waals surface area contributed by atoms with Crippen molar-refractivity contribution >= 4 is 39.5 Å². The number of benzene rings is 8. The molecule has 0 amide bonds. The highest BCUT2D eigenvalue weighted by atomic mass is 15.2. The maximum Gasteiger partial charge on any atom is 0.0726 e. The fraction of sp³-hybridized carbons (Fsp3) is 0.125. The van der Waals surface area contributed by atoms with Crippen molar-refractivity contribution in [2.75, 3.05) is 4.90 Å². The number of hydrogen-bond acceptors (Lipinski definition) is 1. The van der Waals surface area contributed by atoms with Gasteiger partial charge in [0.05, 0.1) is 17.0 Å². The smallest absolute Gasteiger partial charge is 0.0726 e. The van der Waals surface area contributed by atoms with Gasteiger partial charge in [0.2, 0.25) is 0 Å². The number of para-hydroxylation sites is 2. The van der Waals surface area contributed by atoms with Crippen molar-refractivity contribution in [3.8, 4) is 27.9 Å². The second kappa shape index (κ2) is 13.9. The predicted octanol–water partition coefficient (Wildman–Crippen LogP) is 15.7. The van der Waals surface area contributed by atoms with Gasteiger partial charge in [-0.15, -0.1) is 0 Å². The zero-order valence-corrected chi connectivity index (χ0v) is 37.3. The number of allylic oxidation sites excluding steroid dienone is 3. The molecule has 5 aliphatic carbocycles. The Morgan fingerprint density at radius 2 is 1.14 bits per heavy atom. The van der Waals surface area contributed by atoms with Gasteiger partial charge in [-0.05, 0) is 134 Å². The van der Waals surface area contributed by atoms with Crippen LogP contribution in [0.15, 0.2) is 212 Å². The maximum atomic E-state index is 2.69. The molecule has 0 saturated heterocycles. The number of aromatic nitrogens is 1. The van der Waals surface area contributed by atoms with Crippen LogP contribution in [0.3, 0.4) is 0 Å². The van der Waals surface area contributed by atoms with Crippen molar-refractivity contribution in [1.29, 1.82) is 0 Å².